The predicted molar refractivity (Wildman–Crippen MR) is 83.4 cm³/mol. The molecule has 0 bridgehead atoms. The van der Waals surface area contributed by atoms with Crippen molar-refractivity contribution in [1.82, 2.24) is 5.32 Å². The van der Waals surface area contributed by atoms with Crippen LogP contribution in [0.4, 0.5) is 4.39 Å². The zero-order valence-corrected chi connectivity index (χ0v) is 13.0. The molecule has 20 heavy (non-hydrogen) atoms. The van der Waals surface area contributed by atoms with Crippen LogP contribution in [-0.4, -0.2) is 7.05 Å². The highest BCUT2D eigenvalue weighted by atomic mass is 35.5. The van der Waals surface area contributed by atoms with Crippen LogP contribution in [0.3, 0.4) is 0 Å². The maximum atomic E-state index is 13.3. The SMILES string of the molecule is CNC(Cc1cc(F)ccc1Cl)c1cccc(Cl)c1Cl. The Balaban J connectivity index is 2.34. The van der Waals surface area contributed by atoms with E-state index >= 15 is 0 Å². The topological polar surface area (TPSA) is 12.0 Å². The summed E-state index contributed by atoms with van der Waals surface area (Å²) in [5.74, 6) is -0.309. The van der Waals surface area contributed by atoms with Crippen molar-refractivity contribution >= 4 is 34.8 Å². The van der Waals surface area contributed by atoms with Crippen LogP contribution < -0.4 is 5.32 Å². The van der Waals surface area contributed by atoms with Crippen LogP contribution in [0.15, 0.2) is 36.4 Å². The fourth-order valence-corrected chi connectivity index (χ4v) is 2.71. The maximum absolute atomic E-state index is 13.3. The number of rotatable bonds is 4. The average Bonchev–Trinajstić information content (AvgIpc) is 2.43. The molecule has 0 amide bonds. The molecule has 1 N–H and O–H groups in total. The van der Waals surface area contributed by atoms with Gasteiger partial charge in [0.1, 0.15) is 5.82 Å². The quantitative estimate of drug-likeness (QED) is 0.802. The van der Waals surface area contributed by atoms with E-state index in [4.69, 9.17) is 34.8 Å². The Morgan fingerprint density at radius 2 is 1.85 bits per heavy atom. The van der Waals surface area contributed by atoms with Crippen LogP contribution in [0, 0.1) is 5.82 Å². The Bertz CT molecular complexity index is 616. The molecule has 2 aromatic rings. The Morgan fingerprint density at radius 3 is 2.55 bits per heavy atom. The lowest BCUT2D eigenvalue weighted by Crippen LogP contribution is -2.19. The third-order valence-corrected chi connectivity index (χ3v) is 4.34. The van der Waals surface area contributed by atoms with Gasteiger partial charge in [-0.05, 0) is 48.9 Å². The van der Waals surface area contributed by atoms with Gasteiger partial charge in [-0.15, -0.1) is 0 Å². The number of nitrogens with one attached hydrogen (secondary N) is 1. The fraction of sp³-hybridized carbons (Fsp3) is 0.200. The van der Waals surface area contributed by atoms with Gasteiger partial charge in [-0.25, -0.2) is 4.39 Å². The van der Waals surface area contributed by atoms with Gasteiger partial charge < -0.3 is 5.32 Å². The second-order valence-corrected chi connectivity index (χ2v) is 5.62. The lowest BCUT2D eigenvalue weighted by Gasteiger charge is -2.19. The molecule has 0 aliphatic heterocycles. The minimum absolute atomic E-state index is 0.0968. The molecule has 0 saturated carbocycles. The fourth-order valence-electron chi connectivity index (χ4n) is 2.08. The first kappa shape index (κ1) is 15.6. The van der Waals surface area contributed by atoms with Crippen LogP contribution in [0.5, 0.6) is 0 Å². The first-order valence-electron chi connectivity index (χ1n) is 6.08. The van der Waals surface area contributed by atoms with E-state index in [0.29, 0.717) is 21.5 Å². The number of halogens is 4. The molecule has 0 spiro atoms. The summed E-state index contributed by atoms with van der Waals surface area (Å²) >= 11 is 18.4. The Hall–Kier alpha value is -0.800. The maximum Gasteiger partial charge on any atom is 0.123 e. The van der Waals surface area contributed by atoms with Crippen LogP contribution in [0.2, 0.25) is 15.1 Å². The predicted octanol–water partition coefficient (Wildman–Crippen LogP) is 5.29. The number of benzene rings is 2. The summed E-state index contributed by atoms with van der Waals surface area (Å²) in [7, 11) is 1.81. The van der Waals surface area contributed by atoms with E-state index in [1.807, 2.05) is 19.2 Å². The first-order chi connectivity index (χ1) is 9.52. The highest BCUT2D eigenvalue weighted by Gasteiger charge is 2.17. The van der Waals surface area contributed by atoms with Crippen molar-refractivity contribution in [3.8, 4) is 0 Å². The van der Waals surface area contributed by atoms with Gasteiger partial charge >= 0.3 is 0 Å². The van der Waals surface area contributed by atoms with E-state index < -0.39 is 0 Å². The minimum Gasteiger partial charge on any atom is -0.313 e. The van der Waals surface area contributed by atoms with Gasteiger partial charge in [0.25, 0.3) is 0 Å². The number of hydrogen-bond acceptors (Lipinski definition) is 1. The molecule has 0 radical (unpaired) electrons. The summed E-state index contributed by atoms with van der Waals surface area (Å²) in [6.07, 6.45) is 0.521. The van der Waals surface area contributed by atoms with Crippen molar-refractivity contribution < 1.29 is 4.39 Å². The monoisotopic (exact) mass is 331 g/mol. The summed E-state index contributed by atoms with van der Waals surface area (Å²) in [5, 5.41) is 4.69. The lowest BCUT2D eigenvalue weighted by molar-refractivity contribution is 0.584. The molecule has 0 aromatic heterocycles. The standard InChI is InChI=1S/C15H13Cl3FN/c1-20-14(11-3-2-4-13(17)15(11)18)8-9-7-10(19)5-6-12(9)16/h2-7,14,20H,8H2,1H3. The van der Waals surface area contributed by atoms with E-state index in [1.165, 1.54) is 12.1 Å². The third kappa shape index (κ3) is 3.44. The van der Waals surface area contributed by atoms with Crippen molar-refractivity contribution in [2.45, 2.75) is 12.5 Å². The van der Waals surface area contributed by atoms with Gasteiger partial charge in [-0.3, -0.25) is 0 Å². The number of likely N-dealkylation sites (N-methyl/N-ethyl adjacent to an activating group) is 1. The van der Waals surface area contributed by atoms with E-state index in [2.05, 4.69) is 5.32 Å². The first-order valence-corrected chi connectivity index (χ1v) is 7.21. The van der Waals surface area contributed by atoms with Crippen molar-refractivity contribution in [2.24, 2.45) is 0 Å². The Morgan fingerprint density at radius 1 is 1.10 bits per heavy atom. The van der Waals surface area contributed by atoms with E-state index in [1.54, 1.807) is 12.1 Å². The van der Waals surface area contributed by atoms with E-state index in [0.717, 1.165) is 11.1 Å². The van der Waals surface area contributed by atoms with Gasteiger partial charge in [0.15, 0.2) is 0 Å². The largest absolute Gasteiger partial charge is 0.313 e. The molecule has 1 atom stereocenters. The van der Waals surface area contributed by atoms with Crippen molar-refractivity contribution in [1.29, 1.82) is 0 Å². The molecular weight excluding hydrogens is 320 g/mol. The molecule has 0 aliphatic carbocycles. The van der Waals surface area contributed by atoms with Gasteiger partial charge in [-0.1, -0.05) is 46.9 Å². The number of hydrogen-bond donors (Lipinski definition) is 1. The van der Waals surface area contributed by atoms with Crippen molar-refractivity contribution in [2.75, 3.05) is 7.05 Å². The molecule has 0 heterocycles. The molecule has 0 saturated heterocycles. The minimum atomic E-state index is -0.309. The molecule has 0 fully saturated rings. The summed E-state index contributed by atoms with van der Waals surface area (Å²) in [4.78, 5) is 0. The van der Waals surface area contributed by atoms with Crippen LogP contribution in [0.1, 0.15) is 17.2 Å². The van der Waals surface area contributed by atoms with Crippen molar-refractivity contribution in [3.05, 3.63) is 68.4 Å². The van der Waals surface area contributed by atoms with E-state index in [-0.39, 0.29) is 11.9 Å². The third-order valence-electron chi connectivity index (χ3n) is 3.14. The smallest absolute Gasteiger partial charge is 0.123 e. The van der Waals surface area contributed by atoms with Gasteiger partial charge in [0.2, 0.25) is 0 Å². The molecular formula is C15H13Cl3FN. The Kier molecular flexibility index (Phi) is 5.28. The summed E-state index contributed by atoms with van der Waals surface area (Å²) in [6, 6.07) is 9.69. The zero-order chi connectivity index (χ0) is 14.7. The van der Waals surface area contributed by atoms with Crippen LogP contribution >= 0.6 is 34.8 Å². The Labute approximate surface area is 132 Å². The summed E-state index contributed by atoms with van der Waals surface area (Å²) in [6.45, 7) is 0. The van der Waals surface area contributed by atoms with E-state index in [9.17, 15) is 4.39 Å². The summed E-state index contributed by atoms with van der Waals surface area (Å²) in [5.41, 5.74) is 1.59. The highest BCUT2D eigenvalue weighted by Crippen LogP contribution is 2.32. The molecule has 0 aliphatic rings. The zero-order valence-electron chi connectivity index (χ0n) is 10.8. The molecule has 5 heteroatoms. The average molecular weight is 333 g/mol. The molecule has 1 nitrogen and oxygen atoms in total. The summed E-state index contributed by atoms with van der Waals surface area (Å²) < 4.78 is 13.3. The normalized spacial score (nSPS) is 12.4. The van der Waals surface area contributed by atoms with Gasteiger partial charge in [-0.2, -0.15) is 0 Å². The lowest BCUT2D eigenvalue weighted by atomic mass is 9.99. The molecule has 2 rings (SSSR count). The highest BCUT2D eigenvalue weighted by molar-refractivity contribution is 6.42. The molecule has 106 valence electrons. The second kappa shape index (κ2) is 6.77. The van der Waals surface area contributed by atoms with Crippen LogP contribution in [-0.2, 0) is 6.42 Å². The van der Waals surface area contributed by atoms with Crippen LogP contribution in [0.25, 0.3) is 0 Å². The second-order valence-electron chi connectivity index (χ2n) is 4.42. The van der Waals surface area contributed by atoms with Gasteiger partial charge in [0.05, 0.1) is 10.0 Å². The molecule has 1 unspecified atom stereocenters. The molecule has 2 aromatic carbocycles. The van der Waals surface area contributed by atoms with Gasteiger partial charge in [0, 0.05) is 11.1 Å². The van der Waals surface area contributed by atoms with Crippen molar-refractivity contribution in [3.63, 3.8) is 0 Å².